The number of nitrogens with zero attached hydrogens (tertiary/aromatic N) is 2. The van der Waals surface area contributed by atoms with Gasteiger partial charge < -0.3 is 9.84 Å². The smallest absolute Gasteiger partial charge is 0.163 e. The molecule has 0 spiro atoms. The second kappa shape index (κ2) is 4.68. The Morgan fingerprint density at radius 1 is 1.59 bits per heavy atom. The van der Waals surface area contributed by atoms with E-state index >= 15 is 0 Å². The highest BCUT2D eigenvalue weighted by atomic mass is 35.5. The maximum absolute atomic E-state index is 10.4. The molecular weight excluding hydrogens is 260 g/mol. The predicted octanol–water partition coefficient (Wildman–Crippen LogP) is 2.53. The van der Waals surface area contributed by atoms with Crippen molar-refractivity contribution in [3.63, 3.8) is 0 Å². The molecule has 1 unspecified atom stereocenters. The van der Waals surface area contributed by atoms with Gasteiger partial charge in [0, 0.05) is 7.05 Å². The van der Waals surface area contributed by atoms with Gasteiger partial charge in [0.15, 0.2) is 5.75 Å². The van der Waals surface area contributed by atoms with Crippen molar-refractivity contribution in [3.05, 3.63) is 32.7 Å². The highest BCUT2D eigenvalue weighted by molar-refractivity contribution is 7.10. The van der Waals surface area contributed by atoms with E-state index in [-0.39, 0.29) is 0 Å². The maximum atomic E-state index is 10.4. The van der Waals surface area contributed by atoms with Crippen LogP contribution in [0.2, 0.25) is 5.02 Å². The Kier molecular flexibility index (Phi) is 3.42. The third kappa shape index (κ3) is 2.06. The van der Waals surface area contributed by atoms with Gasteiger partial charge in [0.2, 0.25) is 0 Å². The lowest BCUT2D eigenvalue weighted by Crippen LogP contribution is -2.07. The number of rotatable bonds is 3. The summed E-state index contributed by atoms with van der Waals surface area (Å²) in [5.74, 6) is 0.558. The molecule has 92 valence electrons. The number of hydrogen-bond acceptors (Lipinski definition) is 4. The first-order chi connectivity index (χ1) is 8.06. The summed E-state index contributed by atoms with van der Waals surface area (Å²) in [4.78, 5) is 0.714. The first-order valence-corrected chi connectivity index (χ1v) is 6.29. The Bertz CT molecular complexity index is 536. The van der Waals surface area contributed by atoms with Crippen molar-refractivity contribution in [2.75, 3.05) is 7.11 Å². The SMILES string of the molecule is COc1cnn(C)c1C(O)c1scc(C)c1Cl. The molecule has 1 atom stereocenters. The van der Waals surface area contributed by atoms with E-state index < -0.39 is 6.10 Å². The van der Waals surface area contributed by atoms with Crippen molar-refractivity contribution < 1.29 is 9.84 Å². The zero-order chi connectivity index (χ0) is 12.6. The lowest BCUT2D eigenvalue weighted by molar-refractivity contribution is 0.208. The zero-order valence-electron chi connectivity index (χ0n) is 9.77. The van der Waals surface area contributed by atoms with Gasteiger partial charge >= 0.3 is 0 Å². The van der Waals surface area contributed by atoms with Crippen LogP contribution in [-0.4, -0.2) is 22.0 Å². The lowest BCUT2D eigenvalue weighted by atomic mass is 10.2. The van der Waals surface area contributed by atoms with Crippen LogP contribution >= 0.6 is 22.9 Å². The molecule has 0 saturated heterocycles. The van der Waals surface area contributed by atoms with Crippen LogP contribution < -0.4 is 4.74 Å². The topological polar surface area (TPSA) is 47.3 Å². The number of halogens is 1. The van der Waals surface area contributed by atoms with E-state index in [0.717, 1.165) is 5.56 Å². The fourth-order valence-corrected chi connectivity index (χ4v) is 2.94. The van der Waals surface area contributed by atoms with Gasteiger partial charge in [-0.05, 0) is 17.9 Å². The van der Waals surface area contributed by atoms with E-state index in [0.29, 0.717) is 21.3 Å². The third-order valence-electron chi connectivity index (χ3n) is 2.60. The fourth-order valence-electron chi connectivity index (χ4n) is 1.65. The average Bonchev–Trinajstić information content (AvgIpc) is 2.83. The molecule has 17 heavy (non-hydrogen) atoms. The number of aliphatic hydroxyl groups is 1. The Morgan fingerprint density at radius 3 is 2.82 bits per heavy atom. The number of thiophene rings is 1. The van der Waals surface area contributed by atoms with Crippen LogP contribution in [0.15, 0.2) is 11.6 Å². The van der Waals surface area contributed by atoms with Gasteiger partial charge in [0.25, 0.3) is 0 Å². The van der Waals surface area contributed by atoms with Gasteiger partial charge in [0.05, 0.1) is 23.2 Å². The summed E-state index contributed by atoms with van der Waals surface area (Å²) < 4.78 is 6.77. The predicted molar refractivity (Wildman–Crippen MR) is 67.9 cm³/mol. The number of hydrogen-bond donors (Lipinski definition) is 1. The second-order valence-electron chi connectivity index (χ2n) is 3.72. The number of aromatic nitrogens is 2. The largest absolute Gasteiger partial charge is 0.493 e. The molecule has 0 aliphatic rings. The van der Waals surface area contributed by atoms with Gasteiger partial charge in [0.1, 0.15) is 11.8 Å². The molecule has 0 aliphatic carbocycles. The van der Waals surface area contributed by atoms with Crippen LogP contribution in [0.3, 0.4) is 0 Å². The van der Waals surface area contributed by atoms with Crippen molar-refractivity contribution in [3.8, 4) is 5.75 Å². The van der Waals surface area contributed by atoms with E-state index in [4.69, 9.17) is 16.3 Å². The van der Waals surface area contributed by atoms with Gasteiger partial charge in [-0.3, -0.25) is 4.68 Å². The second-order valence-corrected chi connectivity index (χ2v) is 5.01. The molecule has 0 radical (unpaired) electrons. The molecule has 6 heteroatoms. The minimum absolute atomic E-state index is 0.558. The van der Waals surface area contributed by atoms with Crippen LogP contribution in [0.25, 0.3) is 0 Å². The molecular formula is C11H13ClN2O2S. The third-order valence-corrected chi connectivity index (χ3v) is 4.37. The summed E-state index contributed by atoms with van der Waals surface area (Å²) in [6, 6.07) is 0. The van der Waals surface area contributed by atoms with Gasteiger partial charge in [-0.15, -0.1) is 11.3 Å². The summed E-state index contributed by atoms with van der Waals surface area (Å²) in [5, 5.41) is 16.9. The quantitative estimate of drug-likeness (QED) is 0.934. The van der Waals surface area contributed by atoms with Crippen molar-refractivity contribution in [1.29, 1.82) is 0 Å². The summed E-state index contributed by atoms with van der Waals surface area (Å²) in [6.45, 7) is 1.91. The van der Waals surface area contributed by atoms with Crippen LogP contribution in [-0.2, 0) is 7.05 Å². The van der Waals surface area contributed by atoms with Gasteiger partial charge in [-0.25, -0.2) is 0 Å². The van der Waals surface area contributed by atoms with E-state index in [1.165, 1.54) is 11.3 Å². The molecule has 0 amide bonds. The normalized spacial score (nSPS) is 12.8. The molecule has 2 aromatic heterocycles. The number of aryl methyl sites for hydroxylation is 2. The fraction of sp³-hybridized carbons (Fsp3) is 0.364. The van der Waals surface area contributed by atoms with Crippen LogP contribution in [0, 0.1) is 6.92 Å². The van der Waals surface area contributed by atoms with Crippen molar-refractivity contribution in [1.82, 2.24) is 9.78 Å². The van der Waals surface area contributed by atoms with Crippen LogP contribution in [0.4, 0.5) is 0 Å². The molecule has 0 aliphatic heterocycles. The lowest BCUT2D eigenvalue weighted by Gasteiger charge is -2.12. The Hall–Kier alpha value is -1.04. The summed E-state index contributed by atoms with van der Waals surface area (Å²) in [6.07, 6.45) is 0.760. The molecule has 4 nitrogen and oxygen atoms in total. The minimum atomic E-state index is -0.816. The monoisotopic (exact) mass is 272 g/mol. The molecule has 0 fully saturated rings. The Balaban J connectivity index is 2.46. The summed E-state index contributed by atoms with van der Waals surface area (Å²) in [7, 11) is 3.31. The summed E-state index contributed by atoms with van der Waals surface area (Å²) in [5.41, 5.74) is 1.57. The van der Waals surface area contributed by atoms with Crippen LogP contribution in [0.1, 0.15) is 22.2 Å². The van der Waals surface area contributed by atoms with E-state index in [1.54, 1.807) is 25.0 Å². The molecule has 2 aromatic rings. The molecule has 2 rings (SSSR count). The highest BCUT2D eigenvalue weighted by Crippen LogP contribution is 2.38. The number of aliphatic hydroxyl groups excluding tert-OH is 1. The number of methoxy groups -OCH3 is 1. The number of ether oxygens (including phenoxy) is 1. The molecule has 2 heterocycles. The molecule has 1 N–H and O–H groups in total. The van der Waals surface area contributed by atoms with Crippen molar-refractivity contribution in [2.45, 2.75) is 13.0 Å². The van der Waals surface area contributed by atoms with E-state index in [1.807, 2.05) is 12.3 Å². The first-order valence-electron chi connectivity index (χ1n) is 5.03. The zero-order valence-corrected chi connectivity index (χ0v) is 11.3. The summed E-state index contributed by atoms with van der Waals surface area (Å²) >= 11 is 7.58. The molecule has 0 aromatic carbocycles. The van der Waals surface area contributed by atoms with Gasteiger partial charge in [-0.2, -0.15) is 5.10 Å². The standard InChI is InChI=1S/C11H13ClN2O2S/c1-6-5-17-11(8(6)12)10(15)9-7(16-3)4-13-14(9)2/h4-5,10,15H,1-3H3. The van der Waals surface area contributed by atoms with Crippen LogP contribution in [0.5, 0.6) is 5.75 Å². The average molecular weight is 273 g/mol. The Labute approximate surface area is 108 Å². The molecule has 0 bridgehead atoms. The molecule has 0 saturated carbocycles. The maximum Gasteiger partial charge on any atom is 0.163 e. The first kappa shape index (κ1) is 12.4. The highest BCUT2D eigenvalue weighted by Gasteiger charge is 2.24. The van der Waals surface area contributed by atoms with E-state index in [9.17, 15) is 5.11 Å². The minimum Gasteiger partial charge on any atom is -0.493 e. The van der Waals surface area contributed by atoms with E-state index in [2.05, 4.69) is 5.10 Å². The Morgan fingerprint density at radius 2 is 2.29 bits per heavy atom. The van der Waals surface area contributed by atoms with Gasteiger partial charge in [-0.1, -0.05) is 11.6 Å². The van der Waals surface area contributed by atoms with Crippen molar-refractivity contribution in [2.24, 2.45) is 7.05 Å². The van der Waals surface area contributed by atoms with Crippen molar-refractivity contribution >= 4 is 22.9 Å².